The van der Waals surface area contributed by atoms with Crippen LogP contribution in [-0.2, 0) is 4.79 Å². The summed E-state index contributed by atoms with van der Waals surface area (Å²) in [4.78, 5) is 13.2. The van der Waals surface area contributed by atoms with Crippen molar-refractivity contribution in [1.82, 2.24) is 4.90 Å². The van der Waals surface area contributed by atoms with Gasteiger partial charge >= 0.3 is 0 Å². The molecule has 0 aromatic heterocycles. The highest BCUT2D eigenvalue weighted by molar-refractivity contribution is 5.82. The minimum Gasteiger partial charge on any atom is -0.339 e. The Hall–Kier alpha value is -0.570. The fourth-order valence-corrected chi connectivity index (χ4v) is 1.44. The summed E-state index contributed by atoms with van der Waals surface area (Å²) in [5.74, 6) is 0.117. The van der Waals surface area contributed by atoms with Crippen LogP contribution in [0.3, 0.4) is 0 Å². The molecule has 0 aliphatic carbocycles. The van der Waals surface area contributed by atoms with Crippen LogP contribution in [-0.4, -0.2) is 29.4 Å². The maximum absolute atomic E-state index is 11.4. The Morgan fingerprint density at radius 3 is 2.73 bits per heavy atom. The van der Waals surface area contributed by atoms with E-state index in [4.69, 9.17) is 5.73 Å². The first-order valence-corrected chi connectivity index (χ1v) is 4.19. The van der Waals surface area contributed by atoms with E-state index in [0.717, 1.165) is 19.4 Å². The first kappa shape index (κ1) is 8.53. The number of likely N-dealkylation sites (tertiary alicyclic amines) is 1. The van der Waals surface area contributed by atoms with Gasteiger partial charge in [0.05, 0.1) is 6.04 Å². The van der Waals surface area contributed by atoms with E-state index >= 15 is 0 Å². The molecule has 1 atom stereocenters. The molecule has 0 spiro atoms. The van der Waals surface area contributed by atoms with Gasteiger partial charge in [-0.3, -0.25) is 4.79 Å². The van der Waals surface area contributed by atoms with Crippen LogP contribution in [0.4, 0.5) is 0 Å². The smallest absolute Gasteiger partial charge is 0.239 e. The number of carbonyl (C=O) groups is 1. The van der Waals surface area contributed by atoms with Crippen LogP contribution in [0.5, 0.6) is 0 Å². The first-order chi connectivity index (χ1) is 5.13. The zero-order valence-electron chi connectivity index (χ0n) is 7.21. The summed E-state index contributed by atoms with van der Waals surface area (Å²) >= 11 is 0. The van der Waals surface area contributed by atoms with Crippen molar-refractivity contribution in [1.29, 1.82) is 0 Å². The number of nitrogens with two attached hydrogens (primary N) is 1. The van der Waals surface area contributed by atoms with Gasteiger partial charge in [0, 0.05) is 12.6 Å². The molecule has 1 aliphatic rings. The molecule has 1 amide bonds. The van der Waals surface area contributed by atoms with Crippen LogP contribution in [0.25, 0.3) is 0 Å². The van der Waals surface area contributed by atoms with E-state index in [2.05, 4.69) is 0 Å². The van der Waals surface area contributed by atoms with Gasteiger partial charge in [0.2, 0.25) is 5.91 Å². The number of piperidine rings is 1. The van der Waals surface area contributed by atoms with Crippen molar-refractivity contribution in [3.63, 3.8) is 0 Å². The van der Waals surface area contributed by atoms with E-state index in [9.17, 15) is 4.79 Å². The third-order valence-corrected chi connectivity index (χ3v) is 2.14. The average molecular weight is 156 g/mol. The van der Waals surface area contributed by atoms with Gasteiger partial charge < -0.3 is 10.6 Å². The Kier molecular flexibility index (Phi) is 2.49. The summed E-state index contributed by atoms with van der Waals surface area (Å²) in [5.41, 5.74) is 5.62. The molecule has 0 aromatic rings. The Balaban J connectivity index is 2.58. The van der Waals surface area contributed by atoms with Crippen LogP contribution in [0.1, 0.15) is 26.7 Å². The zero-order valence-corrected chi connectivity index (χ0v) is 7.21. The lowest BCUT2D eigenvalue weighted by atomic mass is 10.0. The van der Waals surface area contributed by atoms with Gasteiger partial charge in [-0.25, -0.2) is 0 Å². The van der Waals surface area contributed by atoms with E-state index in [1.54, 1.807) is 0 Å². The van der Waals surface area contributed by atoms with Crippen LogP contribution in [0.15, 0.2) is 0 Å². The number of rotatable bonds is 1. The molecular weight excluding hydrogens is 140 g/mol. The standard InChI is InChI=1S/C8H16N2O/c1-6(2)10-5-3-4-7(9)8(10)11/h6-7H,3-5,9H2,1-2H3/t7-/m1/s1. The molecule has 3 heteroatoms. The number of hydrogen-bond donors (Lipinski definition) is 1. The molecule has 1 heterocycles. The van der Waals surface area contributed by atoms with Crippen molar-refractivity contribution < 1.29 is 4.79 Å². The summed E-state index contributed by atoms with van der Waals surface area (Å²) in [6, 6.07) is 0.0556. The van der Waals surface area contributed by atoms with Gasteiger partial charge in [-0.05, 0) is 26.7 Å². The van der Waals surface area contributed by atoms with E-state index in [1.165, 1.54) is 0 Å². The first-order valence-electron chi connectivity index (χ1n) is 4.19. The topological polar surface area (TPSA) is 46.3 Å². The molecule has 1 fully saturated rings. The molecular formula is C8H16N2O. The average Bonchev–Trinajstić information content (AvgIpc) is 1.94. The third-order valence-electron chi connectivity index (χ3n) is 2.14. The molecule has 0 unspecified atom stereocenters. The van der Waals surface area contributed by atoms with Gasteiger partial charge in [0.15, 0.2) is 0 Å². The molecule has 0 aromatic carbocycles. The highest BCUT2D eigenvalue weighted by Crippen LogP contribution is 2.12. The second-order valence-corrected chi connectivity index (χ2v) is 3.37. The monoisotopic (exact) mass is 156 g/mol. The fraction of sp³-hybridized carbons (Fsp3) is 0.875. The highest BCUT2D eigenvalue weighted by atomic mass is 16.2. The minimum absolute atomic E-state index is 0.117. The summed E-state index contributed by atoms with van der Waals surface area (Å²) in [6.07, 6.45) is 1.90. The van der Waals surface area contributed by atoms with Crippen molar-refractivity contribution in [2.75, 3.05) is 6.54 Å². The van der Waals surface area contributed by atoms with Crippen molar-refractivity contribution in [2.45, 2.75) is 38.8 Å². The van der Waals surface area contributed by atoms with Crippen LogP contribution >= 0.6 is 0 Å². The quantitative estimate of drug-likeness (QED) is 0.595. The van der Waals surface area contributed by atoms with Crippen molar-refractivity contribution in [3.8, 4) is 0 Å². The Morgan fingerprint density at radius 1 is 1.64 bits per heavy atom. The van der Waals surface area contributed by atoms with Crippen LogP contribution < -0.4 is 5.73 Å². The second-order valence-electron chi connectivity index (χ2n) is 3.37. The lowest BCUT2D eigenvalue weighted by Crippen LogP contribution is -2.50. The molecule has 1 aliphatic heterocycles. The lowest BCUT2D eigenvalue weighted by molar-refractivity contribution is -0.136. The summed E-state index contributed by atoms with van der Waals surface area (Å²) < 4.78 is 0. The molecule has 1 saturated heterocycles. The normalized spacial score (nSPS) is 26.4. The summed E-state index contributed by atoms with van der Waals surface area (Å²) in [6.45, 7) is 4.93. The summed E-state index contributed by atoms with van der Waals surface area (Å²) in [7, 11) is 0. The minimum atomic E-state index is -0.244. The van der Waals surface area contributed by atoms with Crippen molar-refractivity contribution in [3.05, 3.63) is 0 Å². The Bertz CT molecular complexity index is 156. The Morgan fingerprint density at radius 2 is 2.27 bits per heavy atom. The maximum atomic E-state index is 11.4. The zero-order chi connectivity index (χ0) is 8.43. The second kappa shape index (κ2) is 3.22. The van der Waals surface area contributed by atoms with Crippen molar-refractivity contribution >= 4 is 5.91 Å². The molecule has 0 saturated carbocycles. The number of hydrogen-bond acceptors (Lipinski definition) is 2. The number of carbonyl (C=O) groups excluding carboxylic acids is 1. The Labute approximate surface area is 67.5 Å². The van der Waals surface area contributed by atoms with Gasteiger partial charge in [-0.1, -0.05) is 0 Å². The molecule has 0 radical (unpaired) electrons. The molecule has 64 valence electrons. The molecule has 3 nitrogen and oxygen atoms in total. The van der Waals surface area contributed by atoms with E-state index in [1.807, 2.05) is 18.7 Å². The number of amides is 1. The highest BCUT2D eigenvalue weighted by Gasteiger charge is 2.26. The van der Waals surface area contributed by atoms with Gasteiger partial charge in [-0.15, -0.1) is 0 Å². The predicted octanol–water partition coefficient (Wildman–Crippen LogP) is 0.345. The third kappa shape index (κ3) is 1.71. The van der Waals surface area contributed by atoms with E-state index in [0.29, 0.717) is 6.04 Å². The van der Waals surface area contributed by atoms with Gasteiger partial charge in [-0.2, -0.15) is 0 Å². The van der Waals surface area contributed by atoms with Gasteiger partial charge in [0.1, 0.15) is 0 Å². The lowest BCUT2D eigenvalue weighted by Gasteiger charge is -2.33. The molecule has 2 N–H and O–H groups in total. The predicted molar refractivity (Wildman–Crippen MR) is 44.1 cm³/mol. The van der Waals surface area contributed by atoms with E-state index < -0.39 is 0 Å². The van der Waals surface area contributed by atoms with Gasteiger partial charge in [0.25, 0.3) is 0 Å². The number of nitrogens with zero attached hydrogens (tertiary/aromatic N) is 1. The summed E-state index contributed by atoms with van der Waals surface area (Å²) in [5, 5.41) is 0. The SMILES string of the molecule is CC(C)N1CCC[C@@H](N)C1=O. The van der Waals surface area contributed by atoms with Crippen molar-refractivity contribution in [2.24, 2.45) is 5.73 Å². The fourth-order valence-electron chi connectivity index (χ4n) is 1.44. The van der Waals surface area contributed by atoms with Crippen LogP contribution in [0, 0.1) is 0 Å². The molecule has 0 bridgehead atoms. The van der Waals surface area contributed by atoms with Crippen LogP contribution in [0.2, 0.25) is 0 Å². The maximum Gasteiger partial charge on any atom is 0.239 e. The van der Waals surface area contributed by atoms with E-state index in [-0.39, 0.29) is 11.9 Å². The molecule has 1 rings (SSSR count). The molecule has 11 heavy (non-hydrogen) atoms. The largest absolute Gasteiger partial charge is 0.339 e.